The number of epoxide rings is 1. The van der Waals surface area contributed by atoms with Gasteiger partial charge in [0.1, 0.15) is 17.8 Å². The smallest absolute Gasteiger partial charge is 0.336 e. The maximum absolute atomic E-state index is 12.6. The number of carbonyl (C=O) groups excluding carboxylic acids is 3. The standard InChI is InChI=1S/C21H28O8/c1-9(2)17(23)27-16-15-10(3)18(24)29-21(15,25)8-20-14(28-20)7-13(26-12(5)22)11(4)19(16,20)6/h9,11,13-14,16,25H,7-8H2,1-6H3. The minimum absolute atomic E-state index is 0.0619. The zero-order chi connectivity index (χ0) is 21.5. The molecule has 7 unspecified atom stereocenters. The van der Waals surface area contributed by atoms with Gasteiger partial charge in [-0.1, -0.05) is 27.7 Å². The quantitative estimate of drug-likeness (QED) is 0.426. The zero-order valence-electron chi connectivity index (χ0n) is 17.6. The van der Waals surface area contributed by atoms with E-state index in [4.69, 9.17) is 18.9 Å². The van der Waals surface area contributed by atoms with E-state index < -0.39 is 52.8 Å². The Labute approximate surface area is 169 Å². The third-order valence-electron chi connectivity index (χ3n) is 7.40. The Kier molecular flexibility index (Phi) is 4.24. The number of ether oxygens (including phenoxy) is 4. The highest BCUT2D eigenvalue weighted by Crippen LogP contribution is 2.71. The van der Waals surface area contributed by atoms with Gasteiger partial charge in [0.2, 0.25) is 5.79 Å². The van der Waals surface area contributed by atoms with Crippen molar-refractivity contribution >= 4 is 17.9 Å². The molecule has 4 aliphatic rings. The largest absolute Gasteiger partial charge is 0.462 e. The van der Waals surface area contributed by atoms with Crippen molar-refractivity contribution in [1.82, 2.24) is 0 Å². The summed E-state index contributed by atoms with van der Waals surface area (Å²) in [4.78, 5) is 36.6. The average Bonchev–Trinajstić information content (AvgIpc) is 3.24. The summed E-state index contributed by atoms with van der Waals surface area (Å²) in [6, 6.07) is 0. The molecular formula is C21H28O8. The first-order chi connectivity index (χ1) is 13.4. The van der Waals surface area contributed by atoms with Gasteiger partial charge in [-0.2, -0.15) is 0 Å². The second-order valence-corrected chi connectivity index (χ2v) is 9.31. The molecule has 1 spiro atoms. The predicted octanol–water partition coefficient (Wildman–Crippen LogP) is 1.64. The number of hydrogen-bond acceptors (Lipinski definition) is 8. The van der Waals surface area contributed by atoms with Gasteiger partial charge in [-0.3, -0.25) is 9.59 Å². The lowest BCUT2D eigenvalue weighted by molar-refractivity contribution is -0.233. The number of carbonyl (C=O) groups is 3. The Morgan fingerprint density at radius 3 is 2.52 bits per heavy atom. The van der Waals surface area contributed by atoms with Gasteiger partial charge in [0, 0.05) is 36.7 Å². The van der Waals surface area contributed by atoms with Crippen LogP contribution in [-0.4, -0.2) is 52.7 Å². The third-order valence-corrected chi connectivity index (χ3v) is 7.40. The Morgan fingerprint density at radius 1 is 1.28 bits per heavy atom. The van der Waals surface area contributed by atoms with Crippen molar-refractivity contribution in [3.8, 4) is 0 Å². The van der Waals surface area contributed by atoms with Crippen LogP contribution in [-0.2, 0) is 33.3 Å². The average molecular weight is 408 g/mol. The minimum Gasteiger partial charge on any atom is -0.462 e. The molecule has 0 aromatic rings. The molecule has 29 heavy (non-hydrogen) atoms. The monoisotopic (exact) mass is 408 g/mol. The van der Waals surface area contributed by atoms with Crippen LogP contribution in [0.1, 0.15) is 54.4 Å². The van der Waals surface area contributed by atoms with Crippen molar-refractivity contribution in [2.45, 2.75) is 84.1 Å². The maximum atomic E-state index is 12.6. The third kappa shape index (κ3) is 2.54. The first kappa shape index (κ1) is 20.3. The van der Waals surface area contributed by atoms with E-state index in [1.165, 1.54) is 6.92 Å². The number of fused-ring (bicyclic) bond motifs is 1. The van der Waals surface area contributed by atoms with Crippen molar-refractivity contribution < 1.29 is 38.4 Å². The Bertz CT molecular complexity index is 831. The summed E-state index contributed by atoms with van der Waals surface area (Å²) in [5.41, 5.74) is -1.15. The fraction of sp³-hybridized carbons (Fsp3) is 0.762. The van der Waals surface area contributed by atoms with Gasteiger partial charge in [0.25, 0.3) is 0 Å². The molecule has 1 N–H and O–H groups in total. The molecule has 8 nitrogen and oxygen atoms in total. The van der Waals surface area contributed by atoms with Gasteiger partial charge in [-0.15, -0.1) is 0 Å². The molecule has 2 saturated carbocycles. The summed E-state index contributed by atoms with van der Waals surface area (Å²) >= 11 is 0. The first-order valence-corrected chi connectivity index (χ1v) is 10.1. The SMILES string of the molecule is CC(=O)OC1CC2OC23CC2(O)OC(=O)C(C)=C2C(OC(=O)C(C)C)C3(C)C1C. The molecule has 0 radical (unpaired) electrons. The summed E-state index contributed by atoms with van der Waals surface area (Å²) in [6.45, 7) is 10.2. The predicted molar refractivity (Wildman–Crippen MR) is 98.1 cm³/mol. The van der Waals surface area contributed by atoms with Gasteiger partial charge in [-0.25, -0.2) is 4.79 Å². The van der Waals surface area contributed by atoms with Crippen LogP contribution in [0, 0.1) is 17.3 Å². The second kappa shape index (κ2) is 6.04. The molecule has 7 atom stereocenters. The van der Waals surface area contributed by atoms with E-state index in [-0.39, 0.29) is 29.6 Å². The molecule has 0 aromatic heterocycles. The number of rotatable bonds is 3. The highest BCUT2D eigenvalue weighted by molar-refractivity contribution is 5.93. The highest BCUT2D eigenvalue weighted by Gasteiger charge is 2.82. The molecule has 2 heterocycles. The van der Waals surface area contributed by atoms with Crippen molar-refractivity contribution in [3.05, 3.63) is 11.1 Å². The number of aliphatic hydroxyl groups is 1. The van der Waals surface area contributed by atoms with Crippen LogP contribution in [0.2, 0.25) is 0 Å². The highest BCUT2D eigenvalue weighted by atomic mass is 16.7. The maximum Gasteiger partial charge on any atom is 0.336 e. The molecule has 8 heteroatoms. The van der Waals surface area contributed by atoms with Crippen LogP contribution in [0.15, 0.2) is 11.1 Å². The van der Waals surface area contributed by atoms with Crippen LogP contribution in [0.25, 0.3) is 0 Å². The molecule has 3 fully saturated rings. The normalized spacial score (nSPS) is 45.2. The second-order valence-electron chi connectivity index (χ2n) is 9.31. The first-order valence-electron chi connectivity index (χ1n) is 10.1. The van der Waals surface area contributed by atoms with Gasteiger partial charge in [-0.05, 0) is 6.92 Å². The number of hydrogen-bond donors (Lipinski definition) is 1. The van der Waals surface area contributed by atoms with Crippen molar-refractivity contribution in [2.75, 3.05) is 0 Å². The lowest BCUT2D eigenvalue weighted by Crippen LogP contribution is -2.66. The van der Waals surface area contributed by atoms with E-state index in [0.29, 0.717) is 6.42 Å². The number of esters is 3. The van der Waals surface area contributed by atoms with Gasteiger partial charge in [0.05, 0.1) is 17.6 Å². The van der Waals surface area contributed by atoms with Crippen LogP contribution >= 0.6 is 0 Å². The summed E-state index contributed by atoms with van der Waals surface area (Å²) in [6.07, 6.45) is -1.13. The summed E-state index contributed by atoms with van der Waals surface area (Å²) in [5.74, 6) is -4.00. The van der Waals surface area contributed by atoms with Crippen LogP contribution < -0.4 is 0 Å². The summed E-state index contributed by atoms with van der Waals surface area (Å²) < 4.78 is 22.9. The van der Waals surface area contributed by atoms with E-state index in [1.54, 1.807) is 20.8 Å². The van der Waals surface area contributed by atoms with Crippen molar-refractivity contribution in [3.63, 3.8) is 0 Å². The fourth-order valence-electron chi connectivity index (χ4n) is 5.60. The van der Waals surface area contributed by atoms with Crippen LogP contribution in [0.4, 0.5) is 0 Å². The Balaban J connectivity index is 1.85. The van der Waals surface area contributed by atoms with Crippen molar-refractivity contribution in [2.24, 2.45) is 17.3 Å². The molecule has 0 amide bonds. The molecule has 0 aromatic carbocycles. The van der Waals surface area contributed by atoms with Crippen molar-refractivity contribution in [1.29, 1.82) is 0 Å². The minimum atomic E-state index is -1.87. The van der Waals surface area contributed by atoms with Gasteiger partial charge >= 0.3 is 17.9 Å². The van der Waals surface area contributed by atoms with Gasteiger partial charge < -0.3 is 24.1 Å². The fourth-order valence-corrected chi connectivity index (χ4v) is 5.60. The van der Waals surface area contributed by atoms with Crippen LogP contribution in [0.5, 0.6) is 0 Å². The zero-order valence-corrected chi connectivity index (χ0v) is 17.6. The molecule has 1 saturated heterocycles. The molecule has 160 valence electrons. The van der Waals surface area contributed by atoms with E-state index in [0.717, 1.165) is 0 Å². The summed E-state index contributed by atoms with van der Waals surface area (Å²) in [7, 11) is 0. The van der Waals surface area contributed by atoms with E-state index >= 15 is 0 Å². The van der Waals surface area contributed by atoms with E-state index in [9.17, 15) is 19.5 Å². The Hall–Kier alpha value is -1.93. The van der Waals surface area contributed by atoms with E-state index in [1.807, 2.05) is 13.8 Å². The Morgan fingerprint density at radius 2 is 1.93 bits per heavy atom. The van der Waals surface area contributed by atoms with Gasteiger partial charge in [0.15, 0.2) is 0 Å². The topological polar surface area (TPSA) is 112 Å². The lowest BCUT2D eigenvalue weighted by atomic mass is 9.51. The molecular weight excluding hydrogens is 380 g/mol. The molecule has 4 rings (SSSR count). The molecule has 2 aliphatic heterocycles. The van der Waals surface area contributed by atoms with E-state index in [2.05, 4.69) is 0 Å². The molecule has 2 aliphatic carbocycles. The summed E-state index contributed by atoms with van der Waals surface area (Å²) in [5, 5.41) is 11.3. The van der Waals surface area contributed by atoms with Crippen LogP contribution in [0.3, 0.4) is 0 Å². The lowest BCUT2D eigenvalue weighted by Gasteiger charge is -2.56. The molecule has 0 bridgehead atoms.